The van der Waals surface area contributed by atoms with Gasteiger partial charge in [0.1, 0.15) is 5.82 Å². The molecule has 0 radical (unpaired) electrons. The Hall–Kier alpha value is -1.42. The Balaban J connectivity index is 1.78. The molecule has 0 unspecified atom stereocenters. The Kier molecular flexibility index (Phi) is 3.98. The molecule has 1 aromatic rings. The fraction of sp³-hybridized carbons (Fsp3) is 0.588. The number of carbonyl (C=O) groups is 1. The second kappa shape index (κ2) is 5.76. The topological polar surface area (TPSA) is 23.6 Å². The maximum Gasteiger partial charge on any atom is 0.233 e. The van der Waals surface area contributed by atoms with Gasteiger partial charge in [-0.1, -0.05) is 25.5 Å². The van der Waals surface area contributed by atoms with Gasteiger partial charge in [0, 0.05) is 26.2 Å². The molecule has 3 rings (SSSR count). The van der Waals surface area contributed by atoms with Crippen LogP contribution >= 0.6 is 0 Å². The number of hydrogen-bond acceptors (Lipinski definition) is 2. The predicted octanol–water partition coefficient (Wildman–Crippen LogP) is 2.41. The molecule has 1 saturated heterocycles. The minimum Gasteiger partial charge on any atom is -0.339 e. The Morgan fingerprint density at radius 1 is 1.24 bits per heavy atom. The van der Waals surface area contributed by atoms with Crippen molar-refractivity contribution in [3.63, 3.8) is 0 Å². The van der Waals surface area contributed by atoms with E-state index in [4.69, 9.17) is 0 Å². The van der Waals surface area contributed by atoms with Gasteiger partial charge in [0.05, 0.1) is 5.41 Å². The van der Waals surface area contributed by atoms with Gasteiger partial charge < -0.3 is 9.80 Å². The largest absolute Gasteiger partial charge is 0.339 e. The Labute approximate surface area is 125 Å². The number of carbonyl (C=O) groups excluding carboxylic acids is 1. The van der Waals surface area contributed by atoms with Gasteiger partial charge in [-0.3, -0.25) is 4.79 Å². The summed E-state index contributed by atoms with van der Waals surface area (Å²) >= 11 is 0. The molecule has 2 aliphatic rings. The molecule has 0 aromatic heterocycles. The first-order valence-corrected chi connectivity index (χ1v) is 7.93. The molecular weight excluding hydrogens is 267 g/mol. The van der Waals surface area contributed by atoms with Crippen LogP contribution in [0.25, 0.3) is 0 Å². The summed E-state index contributed by atoms with van der Waals surface area (Å²) in [7, 11) is 0. The Bertz CT molecular complexity index is 519. The van der Waals surface area contributed by atoms with E-state index in [1.54, 1.807) is 12.1 Å². The maximum absolute atomic E-state index is 13.5. The van der Waals surface area contributed by atoms with E-state index in [9.17, 15) is 9.18 Å². The number of rotatable bonds is 3. The van der Waals surface area contributed by atoms with Crippen molar-refractivity contribution >= 4 is 5.91 Å². The lowest BCUT2D eigenvalue weighted by Crippen LogP contribution is -2.56. The molecule has 1 aliphatic carbocycles. The molecule has 4 heteroatoms. The lowest BCUT2D eigenvalue weighted by Gasteiger charge is -2.46. The van der Waals surface area contributed by atoms with Crippen LogP contribution in [0.3, 0.4) is 0 Å². The van der Waals surface area contributed by atoms with Crippen LogP contribution in [0.5, 0.6) is 0 Å². The fourth-order valence-corrected chi connectivity index (χ4v) is 3.51. The summed E-state index contributed by atoms with van der Waals surface area (Å²) in [6.45, 7) is 6.67. The summed E-state index contributed by atoms with van der Waals surface area (Å²) in [4.78, 5) is 17.3. The standard InChI is InChI=1S/C17H23FN2O/c1-2-19-9-11-20(12-10-19)16(21)17(7-4-8-17)14-5-3-6-15(18)13-14/h3,5-6,13H,2,4,7-12H2,1H3. The van der Waals surface area contributed by atoms with Crippen LogP contribution in [-0.4, -0.2) is 48.4 Å². The zero-order valence-electron chi connectivity index (χ0n) is 12.6. The van der Waals surface area contributed by atoms with Gasteiger partial charge in [-0.15, -0.1) is 0 Å². The highest BCUT2D eigenvalue weighted by Crippen LogP contribution is 2.45. The highest BCUT2D eigenvalue weighted by molar-refractivity contribution is 5.89. The predicted molar refractivity (Wildman–Crippen MR) is 80.6 cm³/mol. The second-order valence-electron chi connectivity index (χ2n) is 6.17. The normalized spacial score (nSPS) is 21.9. The number of halogens is 1. The Morgan fingerprint density at radius 3 is 2.48 bits per heavy atom. The van der Waals surface area contributed by atoms with Gasteiger partial charge in [0.2, 0.25) is 5.91 Å². The van der Waals surface area contributed by atoms with Crippen molar-refractivity contribution in [1.29, 1.82) is 0 Å². The number of benzene rings is 1. The molecule has 2 fully saturated rings. The zero-order valence-corrected chi connectivity index (χ0v) is 12.6. The van der Waals surface area contributed by atoms with Crippen LogP contribution < -0.4 is 0 Å². The zero-order chi connectivity index (χ0) is 14.9. The van der Waals surface area contributed by atoms with Crippen LogP contribution in [0.2, 0.25) is 0 Å². The number of hydrogen-bond donors (Lipinski definition) is 0. The van der Waals surface area contributed by atoms with Crippen LogP contribution in [0.15, 0.2) is 24.3 Å². The average Bonchev–Trinajstić information content (AvgIpc) is 2.46. The van der Waals surface area contributed by atoms with E-state index in [1.807, 2.05) is 11.0 Å². The lowest BCUT2D eigenvalue weighted by molar-refractivity contribution is -0.142. The molecule has 3 nitrogen and oxygen atoms in total. The molecule has 1 aromatic carbocycles. The van der Waals surface area contributed by atoms with Crippen molar-refractivity contribution in [1.82, 2.24) is 9.80 Å². The highest BCUT2D eigenvalue weighted by atomic mass is 19.1. The number of piperazine rings is 1. The molecule has 0 N–H and O–H groups in total. The minimum atomic E-state index is -0.462. The number of amides is 1. The summed E-state index contributed by atoms with van der Waals surface area (Å²) in [6.07, 6.45) is 2.75. The minimum absolute atomic E-state index is 0.204. The van der Waals surface area contributed by atoms with E-state index in [2.05, 4.69) is 11.8 Å². The summed E-state index contributed by atoms with van der Waals surface area (Å²) in [5, 5.41) is 0. The fourth-order valence-electron chi connectivity index (χ4n) is 3.51. The van der Waals surface area contributed by atoms with E-state index >= 15 is 0 Å². The third-order valence-corrected chi connectivity index (χ3v) is 5.10. The molecule has 1 aliphatic heterocycles. The quantitative estimate of drug-likeness (QED) is 0.853. The molecule has 1 saturated carbocycles. The molecule has 1 amide bonds. The first-order valence-electron chi connectivity index (χ1n) is 7.93. The maximum atomic E-state index is 13.5. The van der Waals surface area contributed by atoms with Crippen molar-refractivity contribution in [3.05, 3.63) is 35.6 Å². The van der Waals surface area contributed by atoms with E-state index < -0.39 is 5.41 Å². The van der Waals surface area contributed by atoms with Crippen LogP contribution in [-0.2, 0) is 10.2 Å². The number of likely N-dealkylation sites (N-methyl/N-ethyl adjacent to an activating group) is 1. The smallest absolute Gasteiger partial charge is 0.233 e. The van der Waals surface area contributed by atoms with Gasteiger partial charge in [0.25, 0.3) is 0 Å². The summed E-state index contributed by atoms with van der Waals surface area (Å²) in [6, 6.07) is 6.61. The molecule has 0 bridgehead atoms. The molecule has 0 atom stereocenters. The van der Waals surface area contributed by atoms with Gasteiger partial charge in [-0.2, -0.15) is 0 Å². The number of nitrogens with zero attached hydrogens (tertiary/aromatic N) is 2. The third kappa shape index (κ3) is 2.57. The Morgan fingerprint density at radius 2 is 1.95 bits per heavy atom. The second-order valence-corrected chi connectivity index (χ2v) is 6.17. The van der Waals surface area contributed by atoms with Crippen molar-refractivity contribution in [2.75, 3.05) is 32.7 Å². The van der Waals surface area contributed by atoms with Crippen LogP contribution in [0.1, 0.15) is 31.7 Å². The van der Waals surface area contributed by atoms with Gasteiger partial charge in [0.15, 0.2) is 0 Å². The lowest BCUT2D eigenvalue weighted by atomic mass is 9.63. The molecule has 114 valence electrons. The highest BCUT2D eigenvalue weighted by Gasteiger charge is 2.48. The van der Waals surface area contributed by atoms with Crippen molar-refractivity contribution < 1.29 is 9.18 Å². The summed E-state index contributed by atoms with van der Waals surface area (Å²) < 4.78 is 13.5. The van der Waals surface area contributed by atoms with Crippen molar-refractivity contribution in [2.24, 2.45) is 0 Å². The SMILES string of the molecule is CCN1CCN(C(=O)C2(c3cccc(F)c3)CCC2)CC1. The van der Waals surface area contributed by atoms with Gasteiger partial charge >= 0.3 is 0 Å². The van der Waals surface area contributed by atoms with Gasteiger partial charge in [-0.05, 0) is 37.1 Å². The molecular formula is C17H23FN2O. The first kappa shape index (κ1) is 14.5. The summed E-state index contributed by atoms with van der Waals surface area (Å²) in [5.41, 5.74) is 0.396. The van der Waals surface area contributed by atoms with Crippen LogP contribution in [0.4, 0.5) is 4.39 Å². The van der Waals surface area contributed by atoms with Crippen molar-refractivity contribution in [2.45, 2.75) is 31.6 Å². The molecule has 1 heterocycles. The first-order chi connectivity index (χ1) is 10.2. The van der Waals surface area contributed by atoms with E-state index in [1.165, 1.54) is 6.07 Å². The average molecular weight is 290 g/mol. The van der Waals surface area contributed by atoms with E-state index in [0.717, 1.165) is 57.5 Å². The van der Waals surface area contributed by atoms with Crippen molar-refractivity contribution in [3.8, 4) is 0 Å². The van der Waals surface area contributed by atoms with Gasteiger partial charge in [-0.25, -0.2) is 4.39 Å². The van der Waals surface area contributed by atoms with Crippen LogP contribution in [0, 0.1) is 5.82 Å². The molecule has 0 spiro atoms. The monoisotopic (exact) mass is 290 g/mol. The third-order valence-electron chi connectivity index (χ3n) is 5.10. The van der Waals surface area contributed by atoms with E-state index in [-0.39, 0.29) is 11.7 Å². The summed E-state index contributed by atoms with van der Waals surface area (Å²) in [5.74, 6) is -0.0440. The van der Waals surface area contributed by atoms with E-state index in [0.29, 0.717) is 0 Å². The molecule has 21 heavy (non-hydrogen) atoms.